The highest BCUT2D eigenvalue weighted by molar-refractivity contribution is 5.77. The molecule has 0 unspecified atom stereocenters. The maximum absolute atomic E-state index is 10.8. The molecule has 0 atom stereocenters. The van der Waals surface area contributed by atoms with Gasteiger partial charge in [0.15, 0.2) is 0 Å². The van der Waals surface area contributed by atoms with Gasteiger partial charge in [-0.3, -0.25) is 9.59 Å². The summed E-state index contributed by atoms with van der Waals surface area (Å²) in [7, 11) is 0. The molecule has 0 aromatic heterocycles. The molecule has 0 saturated carbocycles. The molecule has 0 aliphatic rings. The van der Waals surface area contributed by atoms with Crippen molar-refractivity contribution in [3.8, 4) is 5.75 Å². The van der Waals surface area contributed by atoms with Gasteiger partial charge in [0.1, 0.15) is 5.75 Å². The highest BCUT2D eigenvalue weighted by atomic mass is 16.5. The van der Waals surface area contributed by atoms with Gasteiger partial charge in [-0.15, -0.1) is 0 Å². The van der Waals surface area contributed by atoms with Gasteiger partial charge < -0.3 is 15.6 Å². The number of hydrogen-bond donors (Lipinski definition) is 2. The standard InChI is InChI=1S/C12H15NO4/c1-2-17-10-5-8(6-11(13)14)3-4-9(10)7-12(15)16/h3-5H,2,6-7H2,1H3,(H2,13,14)(H,15,16). The summed E-state index contributed by atoms with van der Waals surface area (Å²) in [6.45, 7) is 2.25. The minimum absolute atomic E-state index is 0.105. The number of hydrogen-bond acceptors (Lipinski definition) is 3. The largest absolute Gasteiger partial charge is 0.494 e. The van der Waals surface area contributed by atoms with E-state index in [1.165, 1.54) is 0 Å². The Kier molecular flexibility index (Phi) is 4.51. The van der Waals surface area contributed by atoms with Crippen molar-refractivity contribution in [2.75, 3.05) is 6.61 Å². The van der Waals surface area contributed by atoms with E-state index in [0.29, 0.717) is 17.9 Å². The molecule has 3 N–H and O–H groups in total. The fourth-order valence-electron chi connectivity index (χ4n) is 1.51. The van der Waals surface area contributed by atoms with Gasteiger partial charge in [0.2, 0.25) is 5.91 Å². The van der Waals surface area contributed by atoms with Crippen molar-refractivity contribution in [3.63, 3.8) is 0 Å². The first-order valence-electron chi connectivity index (χ1n) is 5.27. The van der Waals surface area contributed by atoms with Crippen LogP contribution in [0, 0.1) is 0 Å². The summed E-state index contributed by atoms with van der Waals surface area (Å²) in [6.07, 6.45) is 0.0135. The molecule has 92 valence electrons. The van der Waals surface area contributed by atoms with Crippen LogP contribution in [-0.4, -0.2) is 23.6 Å². The van der Waals surface area contributed by atoms with Crippen molar-refractivity contribution in [1.82, 2.24) is 0 Å². The fourth-order valence-corrected chi connectivity index (χ4v) is 1.51. The molecule has 1 rings (SSSR count). The lowest BCUT2D eigenvalue weighted by atomic mass is 10.1. The number of rotatable bonds is 6. The van der Waals surface area contributed by atoms with Crippen molar-refractivity contribution in [2.45, 2.75) is 19.8 Å². The molecule has 0 aliphatic heterocycles. The third-order valence-electron chi connectivity index (χ3n) is 2.15. The van der Waals surface area contributed by atoms with Crippen molar-refractivity contribution in [2.24, 2.45) is 5.73 Å². The second-order valence-corrected chi connectivity index (χ2v) is 3.59. The number of nitrogens with two attached hydrogens (primary N) is 1. The molecule has 1 aromatic carbocycles. The highest BCUT2D eigenvalue weighted by Crippen LogP contribution is 2.21. The monoisotopic (exact) mass is 237 g/mol. The lowest BCUT2D eigenvalue weighted by molar-refractivity contribution is -0.136. The van der Waals surface area contributed by atoms with E-state index in [-0.39, 0.29) is 12.8 Å². The van der Waals surface area contributed by atoms with Crippen molar-refractivity contribution in [3.05, 3.63) is 29.3 Å². The molecular weight excluding hydrogens is 222 g/mol. The first kappa shape index (κ1) is 13.0. The van der Waals surface area contributed by atoms with E-state index in [1.807, 2.05) is 6.92 Å². The summed E-state index contributed by atoms with van der Waals surface area (Å²) >= 11 is 0. The SMILES string of the molecule is CCOc1cc(CC(N)=O)ccc1CC(=O)O. The van der Waals surface area contributed by atoms with Crippen molar-refractivity contribution < 1.29 is 19.4 Å². The lowest BCUT2D eigenvalue weighted by Crippen LogP contribution is -2.14. The fraction of sp³-hybridized carbons (Fsp3) is 0.333. The van der Waals surface area contributed by atoms with E-state index in [1.54, 1.807) is 18.2 Å². The zero-order valence-electron chi connectivity index (χ0n) is 9.60. The van der Waals surface area contributed by atoms with Gasteiger partial charge in [-0.2, -0.15) is 0 Å². The third-order valence-corrected chi connectivity index (χ3v) is 2.15. The van der Waals surface area contributed by atoms with E-state index >= 15 is 0 Å². The van der Waals surface area contributed by atoms with Crippen LogP contribution in [0.4, 0.5) is 0 Å². The summed E-state index contributed by atoms with van der Waals surface area (Å²) in [4.78, 5) is 21.4. The van der Waals surface area contributed by atoms with Gasteiger partial charge in [-0.1, -0.05) is 12.1 Å². The zero-order chi connectivity index (χ0) is 12.8. The Bertz CT molecular complexity index is 429. The Morgan fingerprint density at radius 2 is 2.06 bits per heavy atom. The topological polar surface area (TPSA) is 89.6 Å². The second kappa shape index (κ2) is 5.89. The quantitative estimate of drug-likeness (QED) is 0.763. The first-order valence-corrected chi connectivity index (χ1v) is 5.27. The number of carboxylic acids is 1. The summed E-state index contributed by atoms with van der Waals surface area (Å²) in [5.74, 6) is -0.860. The predicted molar refractivity (Wildman–Crippen MR) is 61.8 cm³/mol. The van der Waals surface area contributed by atoms with E-state index < -0.39 is 11.9 Å². The average Bonchev–Trinajstić information content (AvgIpc) is 2.21. The molecule has 5 heteroatoms. The summed E-state index contributed by atoms with van der Waals surface area (Å²) in [5.41, 5.74) is 6.40. The van der Waals surface area contributed by atoms with Gasteiger partial charge in [0.25, 0.3) is 0 Å². The Labute approximate surface area is 99.2 Å². The Morgan fingerprint density at radius 3 is 2.59 bits per heavy atom. The first-order chi connectivity index (χ1) is 8.02. The third kappa shape index (κ3) is 4.14. The number of benzene rings is 1. The van der Waals surface area contributed by atoms with Gasteiger partial charge >= 0.3 is 5.97 Å². The predicted octanol–water partition coefficient (Wildman–Crippen LogP) is 0.740. The number of carbonyl (C=O) groups is 2. The van der Waals surface area contributed by atoms with E-state index in [0.717, 1.165) is 5.56 Å². The van der Waals surface area contributed by atoms with Crippen LogP contribution >= 0.6 is 0 Å². The molecule has 0 radical (unpaired) electrons. The maximum atomic E-state index is 10.8. The second-order valence-electron chi connectivity index (χ2n) is 3.59. The van der Waals surface area contributed by atoms with Gasteiger partial charge in [-0.25, -0.2) is 0 Å². The normalized spacial score (nSPS) is 9.94. The van der Waals surface area contributed by atoms with Crippen LogP contribution in [0.5, 0.6) is 5.75 Å². The molecule has 0 aliphatic carbocycles. The summed E-state index contributed by atoms with van der Waals surface area (Å²) in [5, 5.41) is 8.74. The molecule has 0 spiro atoms. The van der Waals surface area contributed by atoms with Crippen molar-refractivity contribution in [1.29, 1.82) is 0 Å². The van der Waals surface area contributed by atoms with Crippen LogP contribution < -0.4 is 10.5 Å². The Hall–Kier alpha value is -2.04. The lowest BCUT2D eigenvalue weighted by Gasteiger charge is -2.10. The minimum Gasteiger partial charge on any atom is -0.494 e. The molecule has 5 nitrogen and oxygen atoms in total. The number of primary amides is 1. The van der Waals surface area contributed by atoms with Crippen LogP contribution in [0.25, 0.3) is 0 Å². The molecule has 1 amide bonds. The molecule has 0 fully saturated rings. The summed E-state index contributed by atoms with van der Waals surface area (Å²) < 4.78 is 5.34. The summed E-state index contributed by atoms with van der Waals surface area (Å²) in [6, 6.07) is 5.00. The smallest absolute Gasteiger partial charge is 0.307 e. The van der Waals surface area contributed by atoms with E-state index in [2.05, 4.69) is 0 Å². The number of carbonyl (C=O) groups excluding carboxylic acids is 1. The van der Waals surface area contributed by atoms with E-state index in [9.17, 15) is 9.59 Å². The van der Waals surface area contributed by atoms with Gasteiger partial charge in [-0.05, 0) is 18.6 Å². The van der Waals surface area contributed by atoms with Crippen LogP contribution in [0.2, 0.25) is 0 Å². The number of aliphatic carboxylic acids is 1. The number of amides is 1. The molecule has 1 aromatic rings. The minimum atomic E-state index is -0.923. The molecule has 0 saturated heterocycles. The Balaban J connectivity index is 2.98. The van der Waals surface area contributed by atoms with Crippen LogP contribution in [0.15, 0.2) is 18.2 Å². The van der Waals surface area contributed by atoms with Crippen molar-refractivity contribution >= 4 is 11.9 Å². The van der Waals surface area contributed by atoms with Crippen LogP contribution in [-0.2, 0) is 22.4 Å². The Morgan fingerprint density at radius 1 is 1.35 bits per heavy atom. The molecule has 0 heterocycles. The van der Waals surface area contributed by atoms with Gasteiger partial charge in [0.05, 0.1) is 19.4 Å². The molecule has 0 bridgehead atoms. The maximum Gasteiger partial charge on any atom is 0.307 e. The zero-order valence-corrected chi connectivity index (χ0v) is 9.60. The van der Waals surface area contributed by atoms with Gasteiger partial charge in [0, 0.05) is 5.56 Å². The molecule has 17 heavy (non-hydrogen) atoms. The van der Waals surface area contributed by atoms with E-state index in [4.69, 9.17) is 15.6 Å². The number of carboxylic acid groups (broad SMARTS) is 1. The average molecular weight is 237 g/mol. The van der Waals surface area contributed by atoms with Crippen LogP contribution in [0.3, 0.4) is 0 Å². The highest BCUT2D eigenvalue weighted by Gasteiger charge is 2.09. The molecular formula is C12H15NO4. The number of ether oxygens (including phenoxy) is 1. The van der Waals surface area contributed by atoms with Crippen LogP contribution in [0.1, 0.15) is 18.1 Å².